The number of carbonyl (C=O) groups excluding carboxylic acids is 5. The smallest absolute Gasteiger partial charge is 0.262 e. The van der Waals surface area contributed by atoms with Crippen LogP contribution in [0.5, 0.6) is 5.75 Å². The number of nitrogens with zero attached hydrogens (tertiary/aromatic N) is 4. The Labute approximate surface area is 373 Å². The Bertz CT molecular complexity index is 2290. The number of likely N-dealkylation sites (tertiary alicyclic amines) is 1. The van der Waals surface area contributed by atoms with E-state index in [0.29, 0.717) is 37.1 Å². The van der Waals surface area contributed by atoms with E-state index < -0.39 is 23.8 Å². The number of hydrogen-bond acceptors (Lipinski definition) is 9. The van der Waals surface area contributed by atoms with Crippen molar-refractivity contribution < 1.29 is 33.5 Å². The van der Waals surface area contributed by atoms with Crippen LogP contribution >= 0.6 is 11.6 Å². The molecule has 2 N–H and O–H groups in total. The fourth-order valence-corrected chi connectivity index (χ4v) is 9.68. The number of phenolic OH excluding ortho intramolecular Hbond substituents is 1. The van der Waals surface area contributed by atoms with Crippen molar-refractivity contribution >= 4 is 58.7 Å². The SMILES string of the molecule is CN1CCC2(CC1)CCN(c1ccc(/C(=C(/CCCl)c3ccc(F)cc3)c3ccc(O)cc3)cc1)CC2.CNC(=O)C(CCC=O)N1C(=O)c2cc3c(cc2C1=O)CN(CC=O)C3. The van der Waals surface area contributed by atoms with Gasteiger partial charge in [-0.3, -0.25) is 24.2 Å². The van der Waals surface area contributed by atoms with Crippen molar-refractivity contribution in [3.05, 3.63) is 130 Å². The van der Waals surface area contributed by atoms with Crippen LogP contribution in [-0.4, -0.2) is 109 Å². The molecule has 0 bridgehead atoms. The van der Waals surface area contributed by atoms with Crippen molar-refractivity contribution in [2.45, 2.75) is 64.1 Å². The van der Waals surface area contributed by atoms with Crippen LogP contribution < -0.4 is 10.2 Å². The normalized spacial score (nSPS) is 18.0. The van der Waals surface area contributed by atoms with Crippen LogP contribution in [0.15, 0.2) is 84.9 Å². The number of anilines is 1. The molecular weight excluding hydrogens is 821 g/mol. The number of alkyl halides is 1. The number of halogens is 2. The van der Waals surface area contributed by atoms with Crippen LogP contribution in [0.3, 0.4) is 0 Å². The van der Waals surface area contributed by atoms with Crippen molar-refractivity contribution in [3.63, 3.8) is 0 Å². The second kappa shape index (κ2) is 20.2. The number of aromatic hydroxyl groups is 1. The van der Waals surface area contributed by atoms with Gasteiger partial charge >= 0.3 is 0 Å². The minimum atomic E-state index is -1.01. The van der Waals surface area contributed by atoms with Gasteiger partial charge in [-0.15, -0.1) is 11.6 Å². The van der Waals surface area contributed by atoms with E-state index in [1.54, 1.807) is 24.3 Å². The van der Waals surface area contributed by atoms with E-state index in [-0.39, 0.29) is 42.1 Å². The van der Waals surface area contributed by atoms with E-state index in [9.17, 15) is 33.5 Å². The monoisotopic (exact) mass is 875 g/mol. The molecule has 1 spiro atoms. The van der Waals surface area contributed by atoms with E-state index in [2.05, 4.69) is 46.4 Å². The number of aldehydes is 2. The number of nitrogens with one attached hydrogen (secondary N) is 1. The number of phenols is 1. The molecule has 1 unspecified atom stereocenters. The molecule has 4 aliphatic rings. The topological polar surface area (TPSA) is 131 Å². The first-order valence-electron chi connectivity index (χ1n) is 21.7. The summed E-state index contributed by atoms with van der Waals surface area (Å²) >= 11 is 6.26. The quantitative estimate of drug-likeness (QED) is 0.0615. The second-order valence-electron chi connectivity index (χ2n) is 17.0. The number of amides is 3. The molecule has 13 heteroatoms. The third-order valence-corrected chi connectivity index (χ3v) is 13.4. The largest absolute Gasteiger partial charge is 0.508 e. The molecule has 0 aromatic heterocycles. The Morgan fingerprint density at radius 3 is 1.87 bits per heavy atom. The Kier molecular flexibility index (Phi) is 14.5. The van der Waals surface area contributed by atoms with Crippen LogP contribution in [0.25, 0.3) is 11.1 Å². The second-order valence-corrected chi connectivity index (χ2v) is 17.4. The Balaban J connectivity index is 0.000000201. The zero-order chi connectivity index (χ0) is 44.7. The minimum absolute atomic E-state index is 0.0721. The van der Waals surface area contributed by atoms with Gasteiger partial charge in [-0.1, -0.05) is 36.4 Å². The molecule has 0 saturated carbocycles. The maximum Gasteiger partial charge on any atom is 0.262 e. The van der Waals surface area contributed by atoms with E-state index >= 15 is 0 Å². The number of hydrogen-bond donors (Lipinski definition) is 2. The summed E-state index contributed by atoms with van der Waals surface area (Å²) in [7, 11) is 3.66. The predicted octanol–water partition coefficient (Wildman–Crippen LogP) is 7.32. The molecule has 1 atom stereocenters. The van der Waals surface area contributed by atoms with Crippen molar-refractivity contribution in [2.75, 3.05) is 57.6 Å². The highest BCUT2D eigenvalue weighted by Gasteiger charge is 2.43. The van der Waals surface area contributed by atoms with Crippen molar-refractivity contribution in [2.24, 2.45) is 5.41 Å². The van der Waals surface area contributed by atoms with Gasteiger partial charge in [0.1, 0.15) is 30.2 Å². The summed E-state index contributed by atoms with van der Waals surface area (Å²) in [6, 6.07) is 25.1. The molecule has 8 rings (SSSR count). The van der Waals surface area contributed by atoms with E-state index in [4.69, 9.17) is 11.6 Å². The van der Waals surface area contributed by atoms with Gasteiger partial charge in [0.25, 0.3) is 11.8 Å². The molecule has 4 aliphatic heterocycles. The number of carbonyl (C=O) groups is 5. The molecule has 0 aliphatic carbocycles. The molecule has 4 heterocycles. The van der Waals surface area contributed by atoms with Gasteiger partial charge < -0.3 is 29.8 Å². The number of benzene rings is 4. The molecule has 63 heavy (non-hydrogen) atoms. The van der Waals surface area contributed by atoms with Crippen LogP contribution in [0, 0.1) is 11.2 Å². The average Bonchev–Trinajstić information content (AvgIpc) is 3.81. The lowest BCUT2D eigenvalue weighted by Gasteiger charge is -2.46. The van der Waals surface area contributed by atoms with Crippen LogP contribution in [0.4, 0.5) is 10.1 Å². The summed E-state index contributed by atoms with van der Waals surface area (Å²) in [6.45, 7) is 6.02. The fourth-order valence-electron chi connectivity index (χ4n) is 9.49. The number of fused-ring (bicyclic) bond motifs is 2. The van der Waals surface area contributed by atoms with Crippen molar-refractivity contribution in [1.82, 2.24) is 20.0 Å². The van der Waals surface area contributed by atoms with Gasteiger partial charge in [-0.05, 0) is 152 Å². The van der Waals surface area contributed by atoms with Crippen LogP contribution in [0.2, 0.25) is 0 Å². The zero-order valence-electron chi connectivity index (χ0n) is 36.0. The van der Waals surface area contributed by atoms with Gasteiger partial charge in [-0.2, -0.15) is 0 Å². The highest BCUT2D eigenvalue weighted by molar-refractivity contribution is 6.23. The number of likely N-dealkylation sites (N-methyl/N-ethyl adjacent to an activating group) is 1. The summed E-state index contributed by atoms with van der Waals surface area (Å²) < 4.78 is 13.7. The number of imide groups is 1. The molecule has 3 amide bonds. The first-order valence-corrected chi connectivity index (χ1v) is 22.2. The Morgan fingerprint density at radius 1 is 0.810 bits per heavy atom. The molecule has 2 saturated heterocycles. The van der Waals surface area contributed by atoms with Gasteiger partial charge in [0.05, 0.1) is 17.7 Å². The molecule has 0 radical (unpaired) electrons. The van der Waals surface area contributed by atoms with Gasteiger partial charge in [0, 0.05) is 51.2 Å². The standard InChI is InChI=1S/C32H36ClFN2O.C18H19N3O5/c1-35-20-15-32(16-21-35)17-22-36(23-18-32)28-10-4-25(5-11-28)31(26-6-12-29(37)13-7-26)30(14-19-33)24-2-8-27(34)9-3-24;1-19-16(24)15(3-2-5-22)21-17(25)13-7-11-9-20(4-6-23)10-12(11)8-14(13)18(21)26/h2-13,37H,14-23H2,1H3;5-8,15H,2-4,9-10H2,1H3,(H,19,24)/b31-30+;. The minimum Gasteiger partial charge on any atom is -0.508 e. The van der Waals surface area contributed by atoms with E-state index in [1.807, 2.05) is 29.2 Å². The summed E-state index contributed by atoms with van der Waals surface area (Å²) in [5, 5.41) is 12.3. The first-order chi connectivity index (χ1) is 30.5. The Morgan fingerprint density at radius 2 is 1.35 bits per heavy atom. The highest BCUT2D eigenvalue weighted by Crippen LogP contribution is 2.43. The molecule has 4 aromatic rings. The Hall–Kier alpha value is -5.69. The highest BCUT2D eigenvalue weighted by atomic mass is 35.5. The molecular formula is C50H55ClFN5O6. The summed E-state index contributed by atoms with van der Waals surface area (Å²) in [5.41, 5.74) is 9.28. The maximum absolute atomic E-state index is 13.7. The summed E-state index contributed by atoms with van der Waals surface area (Å²) in [5.74, 6) is -1.11. The third-order valence-electron chi connectivity index (χ3n) is 13.2. The molecule has 330 valence electrons. The predicted molar refractivity (Wildman–Crippen MR) is 243 cm³/mol. The molecule has 4 aromatic carbocycles. The number of allylic oxidation sites excluding steroid dienone is 1. The first kappa shape index (κ1) is 45.3. The van der Waals surface area contributed by atoms with Crippen molar-refractivity contribution in [3.8, 4) is 5.75 Å². The van der Waals surface area contributed by atoms with Crippen LogP contribution in [0.1, 0.15) is 93.5 Å². The molecule has 2 fully saturated rings. The van der Waals surface area contributed by atoms with Gasteiger partial charge in [-0.25, -0.2) is 4.39 Å². The zero-order valence-corrected chi connectivity index (χ0v) is 36.7. The lowest BCUT2D eigenvalue weighted by molar-refractivity contribution is -0.124. The number of rotatable bonds is 13. The van der Waals surface area contributed by atoms with Gasteiger partial charge in [0.15, 0.2) is 0 Å². The third kappa shape index (κ3) is 10.1. The fraction of sp³-hybridized carbons (Fsp3) is 0.380. The lowest BCUT2D eigenvalue weighted by Crippen LogP contribution is -2.48. The molecule has 11 nitrogen and oxygen atoms in total. The van der Waals surface area contributed by atoms with E-state index in [1.165, 1.54) is 63.6 Å². The van der Waals surface area contributed by atoms with Crippen molar-refractivity contribution in [1.29, 1.82) is 0 Å². The number of piperidine rings is 2. The average molecular weight is 876 g/mol. The lowest BCUT2D eigenvalue weighted by atomic mass is 9.71. The van der Waals surface area contributed by atoms with Gasteiger partial charge in [0.2, 0.25) is 5.91 Å². The summed E-state index contributed by atoms with van der Waals surface area (Å²) in [6.07, 6.45) is 7.46. The van der Waals surface area contributed by atoms with E-state index in [0.717, 1.165) is 63.2 Å². The van der Waals surface area contributed by atoms with Crippen LogP contribution in [-0.2, 0) is 27.5 Å². The summed E-state index contributed by atoms with van der Waals surface area (Å²) in [4.78, 5) is 67.0. The maximum atomic E-state index is 13.7.